The summed E-state index contributed by atoms with van der Waals surface area (Å²) >= 11 is 0. The maximum atomic E-state index is 11.9. The average Bonchev–Trinajstić information content (AvgIpc) is 3.08. The molecule has 2 heterocycles. The Morgan fingerprint density at radius 2 is 1.95 bits per heavy atom. The molecule has 5 nitrogen and oxygen atoms in total. The average molecular weight is 289 g/mol. The minimum atomic E-state index is -3.41. The first kappa shape index (κ1) is 13.0. The summed E-state index contributed by atoms with van der Waals surface area (Å²) < 4.78 is 26.5. The van der Waals surface area contributed by atoms with Gasteiger partial charge >= 0.3 is 0 Å². The number of nitrogens with one attached hydrogen (secondary N) is 3. The van der Waals surface area contributed by atoms with Gasteiger partial charge in [0.05, 0.1) is 4.90 Å². The Balaban J connectivity index is 1.69. The second-order valence-electron chi connectivity index (χ2n) is 4.55. The first-order valence-corrected chi connectivity index (χ1v) is 7.82. The zero-order chi connectivity index (χ0) is 14.0. The third-order valence-corrected chi connectivity index (χ3v) is 4.70. The molecule has 0 aliphatic heterocycles. The lowest BCUT2D eigenvalue weighted by atomic mass is 10.1. The second kappa shape index (κ2) is 5.15. The van der Waals surface area contributed by atoms with Crippen molar-refractivity contribution >= 4 is 20.9 Å². The number of aromatic nitrogens is 2. The number of rotatable bonds is 5. The minimum absolute atomic E-state index is 0.261. The Labute approximate surface area is 117 Å². The SMILES string of the molecule is O=S(=O)(NCCc1c[nH]c2ccccc12)c1cc[nH]c1. The molecule has 1 aromatic carbocycles. The van der Waals surface area contributed by atoms with Crippen LogP contribution >= 0.6 is 0 Å². The molecule has 3 aromatic rings. The highest BCUT2D eigenvalue weighted by Crippen LogP contribution is 2.17. The van der Waals surface area contributed by atoms with E-state index in [0.29, 0.717) is 13.0 Å². The molecule has 0 bridgehead atoms. The molecule has 0 spiro atoms. The van der Waals surface area contributed by atoms with E-state index in [-0.39, 0.29) is 4.90 Å². The van der Waals surface area contributed by atoms with Crippen LogP contribution in [0.25, 0.3) is 10.9 Å². The van der Waals surface area contributed by atoms with Gasteiger partial charge in [-0.1, -0.05) is 18.2 Å². The number of hydrogen-bond donors (Lipinski definition) is 3. The van der Waals surface area contributed by atoms with Crippen LogP contribution in [0, 0.1) is 0 Å². The highest BCUT2D eigenvalue weighted by Gasteiger charge is 2.13. The predicted octanol–water partition coefficient (Wildman–Crippen LogP) is 2.02. The number of benzene rings is 1. The molecule has 0 aliphatic rings. The molecule has 0 aliphatic carbocycles. The highest BCUT2D eigenvalue weighted by molar-refractivity contribution is 7.89. The lowest BCUT2D eigenvalue weighted by Gasteiger charge is -2.04. The second-order valence-corrected chi connectivity index (χ2v) is 6.32. The highest BCUT2D eigenvalue weighted by atomic mass is 32.2. The zero-order valence-electron chi connectivity index (χ0n) is 10.8. The van der Waals surface area contributed by atoms with Crippen LogP contribution < -0.4 is 4.72 Å². The van der Waals surface area contributed by atoms with Gasteiger partial charge in [0.2, 0.25) is 10.0 Å². The van der Waals surface area contributed by atoms with Crippen LogP contribution in [-0.4, -0.2) is 24.9 Å². The molecule has 0 saturated carbocycles. The Bertz CT molecular complexity index is 804. The standard InChI is InChI=1S/C14H15N3O2S/c18-20(19,12-6-7-15-10-12)17-8-5-11-9-16-14-4-2-1-3-13(11)14/h1-4,6-7,9-10,15-17H,5,8H2. The molecule has 0 amide bonds. The molecular weight excluding hydrogens is 274 g/mol. The van der Waals surface area contributed by atoms with Gasteiger partial charge in [-0.05, 0) is 24.1 Å². The van der Waals surface area contributed by atoms with E-state index < -0.39 is 10.0 Å². The summed E-state index contributed by atoms with van der Waals surface area (Å²) in [5.74, 6) is 0. The number of para-hydroxylation sites is 1. The van der Waals surface area contributed by atoms with Crippen LogP contribution in [0.4, 0.5) is 0 Å². The lowest BCUT2D eigenvalue weighted by Crippen LogP contribution is -2.25. The van der Waals surface area contributed by atoms with Crippen LogP contribution in [0.1, 0.15) is 5.56 Å². The van der Waals surface area contributed by atoms with Crippen molar-refractivity contribution in [2.24, 2.45) is 0 Å². The van der Waals surface area contributed by atoms with Gasteiger partial charge in [-0.25, -0.2) is 13.1 Å². The summed E-state index contributed by atoms with van der Waals surface area (Å²) in [5.41, 5.74) is 2.17. The Kier molecular flexibility index (Phi) is 3.33. The summed E-state index contributed by atoms with van der Waals surface area (Å²) in [6.07, 6.45) is 5.63. The molecule has 104 valence electrons. The van der Waals surface area contributed by atoms with Crippen molar-refractivity contribution < 1.29 is 8.42 Å². The number of aromatic amines is 2. The van der Waals surface area contributed by atoms with Crippen molar-refractivity contribution in [3.8, 4) is 0 Å². The Morgan fingerprint density at radius 3 is 2.75 bits per heavy atom. The molecule has 6 heteroatoms. The van der Waals surface area contributed by atoms with Crippen molar-refractivity contribution in [1.29, 1.82) is 0 Å². The van der Waals surface area contributed by atoms with Crippen LogP contribution in [0.15, 0.2) is 53.8 Å². The molecule has 20 heavy (non-hydrogen) atoms. The minimum Gasteiger partial charge on any atom is -0.366 e. The Morgan fingerprint density at radius 1 is 1.10 bits per heavy atom. The van der Waals surface area contributed by atoms with Gasteiger partial charge in [-0.2, -0.15) is 0 Å². The number of sulfonamides is 1. The molecular formula is C14H15N3O2S. The van der Waals surface area contributed by atoms with Crippen LogP contribution in [0.3, 0.4) is 0 Å². The largest absolute Gasteiger partial charge is 0.366 e. The van der Waals surface area contributed by atoms with Crippen molar-refractivity contribution in [1.82, 2.24) is 14.7 Å². The number of hydrogen-bond acceptors (Lipinski definition) is 2. The fraction of sp³-hybridized carbons (Fsp3) is 0.143. The van der Waals surface area contributed by atoms with Crippen molar-refractivity contribution in [2.75, 3.05) is 6.54 Å². The smallest absolute Gasteiger partial charge is 0.242 e. The monoisotopic (exact) mass is 289 g/mol. The maximum Gasteiger partial charge on any atom is 0.242 e. The van der Waals surface area contributed by atoms with E-state index in [1.165, 1.54) is 12.3 Å². The fourth-order valence-electron chi connectivity index (χ4n) is 2.22. The molecule has 0 unspecified atom stereocenters. The van der Waals surface area contributed by atoms with Gasteiger partial charge in [-0.3, -0.25) is 0 Å². The van der Waals surface area contributed by atoms with Crippen molar-refractivity contribution in [2.45, 2.75) is 11.3 Å². The number of H-pyrrole nitrogens is 2. The molecule has 0 fully saturated rings. The van der Waals surface area contributed by atoms with E-state index in [1.807, 2.05) is 30.5 Å². The first-order valence-electron chi connectivity index (χ1n) is 6.34. The lowest BCUT2D eigenvalue weighted by molar-refractivity contribution is 0.582. The van der Waals surface area contributed by atoms with E-state index >= 15 is 0 Å². The third-order valence-electron chi connectivity index (χ3n) is 3.24. The molecule has 3 N–H and O–H groups in total. The van der Waals surface area contributed by atoms with Gasteiger partial charge in [0.1, 0.15) is 0 Å². The van der Waals surface area contributed by atoms with Gasteiger partial charge in [0.15, 0.2) is 0 Å². The quantitative estimate of drug-likeness (QED) is 0.672. The molecule has 0 radical (unpaired) electrons. The summed E-state index contributed by atoms with van der Waals surface area (Å²) in [5, 5.41) is 1.13. The van der Waals surface area contributed by atoms with E-state index in [2.05, 4.69) is 14.7 Å². The molecule has 3 rings (SSSR count). The Hall–Kier alpha value is -2.05. The van der Waals surface area contributed by atoms with Crippen molar-refractivity contribution in [3.05, 3.63) is 54.5 Å². The van der Waals surface area contributed by atoms with Gasteiger partial charge < -0.3 is 9.97 Å². The van der Waals surface area contributed by atoms with E-state index in [4.69, 9.17) is 0 Å². The number of fused-ring (bicyclic) bond motifs is 1. The van der Waals surface area contributed by atoms with Gasteiger partial charge in [0, 0.05) is 36.0 Å². The summed E-state index contributed by atoms with van der Waals surface area (Å²) in [6, 6.07) is 9.51. The van der Waals surface area contributed by atoms with Crippen LogP contribution in [-0.2, 0) is 16.4 Å². The van der Waals surface area contributed by atoms with Gasteiger partial charge in [-0.15, -0.1) is 0 Å². The van der Waals surface area contributed by atoms with Crippen LogP contribution in [0.2, 0.25) is 0 Å². The van der Waals surface area contributed by atoms with Crippen LogP contribution in [0.5, 0.6) is 0 Å². The zero-order valence-corrected chi connectivity index (χ0v) is 11.6. The van der Waals surface area contributed by atoms with E-state index in [1.54, 1.807) is 6.20 Å². The fourth-order valence-corrected chi connectivity index (χ4v) is 3.23. The topological polar surface area (TPSA) is 77.8 Å². The summed E-state index contributed by atoms with van der Waals surface area (Å²) in [6.45, 7) is 0.370. The summed E-state index contributed by atoms with van der Waals surface area (Å²) in [7, 11) is -3.41. The van der Waals surface area contributed by atoms with Gasteiger partial charge in [0.25, 0.3) is 0 Å². The first-order chi connectivity index (χ1) is 9.67. The third kappa shape index (κ3) is 2.48. The van der Waals surface area contributed by atoms with E-state index in [9.17, 15) is 8.42 Å². The summed E-state index contributed by atoms with van der Waals surface area (Å²) in [4.78, 5) is 6.18. The predicted molar refractivity (Wildman–Crippen MR) is 78.0 cm³/mol. The maximum absolute atomic E-state index is 11.9. The molecule has 0 atom stereocenters. The molecule has 2 aromatic heterocycles. The van der Waals surface area contributed by atoms with E-state index in [0.717, 1.165) is 16.5 Å². The molecule has 0 saturated heterocycles. The van der Waals surface area contributed by atoms with Crippen molar-refractivity contribution in [3.63, 3.8) is 0 Å². The normalized spacial score (nSPS) is 12.0.